The molecule has 0 bridgehead atoms. The van der Waals surface area contributed by atoms with Crippen molar-refractivity contribution in [2.24, 2.45) is 0 Å². The molecule has 4 aromatic rings. The highest BCUT2D eigenvalue weighted by atomic mass is 35.5. The van der Waals surface area contributed by atoms with Crippen LogP contribution in [-0.2, 0) is 32.6 Å². The van der Waals surface area contributed by atoms with Gasteiger partial charge in [-0.05, 0) is 66.4 Å². The van der Waals surface area contributed by atoms with Crippen LogP contribution < -0.4 is 28.6 Å². The van der Waals surface area contributed by atoms with Crippen LogP contribution in [0.25, 0.3) is 0 Å². The van der Waals surface area contributed by atoms with E-state index in [-0.39, 0.29) is 52.0 Å². The van der Waals surface area contributed by atoms with E-state index in [1.807, 2.05) is 36.4 Å². The van der Waals surface area contributed by atoms with Crippen molar-refractivity contribution in [1.29, 1.82) is 0 Å². The van der Waals surface area contributed by atoms with Crippen LogP contribution in [0.4, 0.5) is 5.69 Å². The highest BCUT2D eigenvalue weighted by molar-refractivity contribution is 7.92. The molecule has 4 aromatic carbocycles. The summed E-state index contributed by atoms with van der Waals surface area (Å²) in [5.74, 6) is 0.296. The molecule has 5 rings (SSSR count). The van der Waals surface area contributed by atoms with Gasteiger partial charge in [0.2, 0.25) is 11.8 Å². The predicted octanol–water partition coefficient (Wildman–Crippen LogP) is 6.27. The Kier molecular flexibility index (Phi) is 12.9. The number of hydrogen-bond donors (Lipinski definition) is 1. The Morgan fingerprint density at radius 1 is 0.788 bits per heavy atom. The van der Waals surface area contributed by atoms with Crippen molar-refractivity contribution < 1.29 is 37.0 Å². The van der Waals surface area contributed by atoms with Crippen molar-refractivity contribution in [1.82, 2.24) is 10.2 Å². The summed E-state index contributed by atoms with van der Waals surface area (Å²) in [5.41, 5.74) is 1.56. The minimum absolute atomic E-state index is 0.0114. The van der Waals surface area contributed by atoms with Gasteiger partial charge in [-0.15, -0.1) is 0 Å². The lowest BCUT2D eigenvalue weighted by Crippen LogP contribution is -2.54. The molecule has 0 heterocycles. The highest BCUT2D eigenvalue weighted by Crippen LogP contribution is 2.37. The van der Waals surface area contributed by atoms with E-state index in [0.717, 1.165) is 35.6 Å². The van der Waals surface area contributed by atoms with Crippen LogP contribution in [0.1, 0.15) is 36.8 Å². The largest absolute Gasteiger partial charge is 0.497 e. The van der Waals surface area contributed by atoms with Crippen molar-refractivity contribution in [3.8, 4) is 23.0 Å². The Morgan fingerprint density at radius 3 is 2.13 bits per heavy atom. The molecule has 1 aliphatic carbocycles. The van der Waals surface area contributed by atoms with Crippen LogP contribution in [0.3, 0.4) is 0 Å². The normalized spacial score (nSPS) is 13.6. The topological polar surface area (TPSA) is 124 Å². The number of halogens is 1. The van der Waals surface area contributed by atoms with E-state index in [9.17, 15) is 18.0 Å². The Balaban J connectivity index is 1.63. The van der Waals surface area contributed by atoms with Crippen molar-refractivity contribution in [2.45, 2.75) is 55.6 Å². The van der Waals surface area contributed by atoms with Crippen LogP contribution >= 0.6 is 11.6 Å². The molecular formula is C39H44ClN3O8S. The molecule has 1 saturated carbocycles. The lowest BCUT2D eigenvalue weighted by molar-refractivity contribution is -0.140. The number of methoxy groups -OCH3 is 4. The number of carbonyl (C=O) groups excluding carboxylic acids is 2. The SMILES string of the molecule is COc1cccc(CN(C(=O)CN(c2cc(Cl)ccc2OC)S(=O)(=O)c2ccc(OC)c(OC)c2)[C@H](Cc2ccccc2)C(=O)NC2CCCC2)c1. The van der Waals surface area contributed by atoms with Gasteiger partial charge < -0.3 is 29.2 Å². The monoisotopic (exact) mass is 749 g/mol. The molecular weight excluding hydrogens is 706 g/mol. The highest BCUT2D eigenvalue weighted by Gasteiger charge is 2.37. The molecule has 0 saturated heterocycles. The first-order valence-corrected chi connectivity index (χ1v) is 18.7. The van der Waals surface area contributed by atoms with Gasteiger partial charge in [-0.3, -0.25) is 13.9 Å². The maximum absolute atomic E-state index is 14.9. The average molecular weight is 750 g/mol. The van der Waals surface area contributed by atoms with E-state index in [2.05, 4.69) is 5.32 Å². The molecule has 1 N–H and O–H groups in total. The summed E-state index contributed by atoms with van der Waals surface area (Å²) in [6.45, 7) is -0.706. The van der Waals surface area contributed by atoms with Gasteiger partial charge in [-0.25, -0.2) is 8.42 Å². The molecule has 11 nitrogen and oxygen atoms in total. The third kappa shape index (κ3) is 9.10. The van der Waals surface area contributed by atoms with E-state index in [1.54, 1.807) is 31.4 Å². The molecule has 52 heavy (non-hydrogen) atoms. The van der Waals surface area contributed by atoms with Crippen molar-refractivity contribution in [3.05, 3.63) is 107 Å². The number of hydrogen-bond acceptors (Lipinski definition) is 8. The summed E-state index contributed by atoms with van der Waals surface area (Å²) in [6.07, 6.45) is 3.90. The number of rotatable bonds is 16. The van der Waals surface area contributed by atoms with Gasteiger partial charge in [0, 0.05) is 30.1 Å². The maximum Gasteiger partial charge on any atom is 0.265 e. The van der Waals surface area contributed by atoms with Gasteiger partial charge in [0.05, 0.1) is 39.0 Å². The molecule has 13 heteroatoms. The lowest BCUT2D eigenvalue weighted by atomic mass is 10.0. The fraction of sp³-hybridized carbons (Fsp3) is 0.333. The second kappa shape index (κ2) is 17.5. The van der Waals surface area contributed by atoms with Gasteiger partial charge in [-0.2, -0.15) is 0 Å². The minimum Gasteiger partial charge on any atom is -0.497 e. The third-order valence-electron chi connectivity index (χ3n) is 9.09. The molecule has 1 aliphatic rings. The Bertz CT molecular complexity index is 1950. The third-order valence-corrected chi connectivity index (χ3v) is 11.1. The van der Waals surface area contributed by atoms with Gasteiger partial charge in [-0.1, -0.05) is 66.9 Å². The number of sulfonamides is 1. The number of benzene rings is 4. The molecule has 0 unspecified atom stereocenters. The zero-order chi connectivity index (χ0) is 37.3. The summed E-state index contributed by atoms with van der Waals surface area (Å²) in [4.78, 5) is 30.5. The van der Waals surface area contributed by atoms with Crippen LogP contribution in [0.2, 0.25) is 5.02 Å². The number of nitrogens with zero attached hydrogens (tertiary/aromatic N) is 2. The fourth-order valence-corrected chi connectivity index (χ4v) is 7.96. The Morgan fingerprint density at radius 2 is 1.46 bits per heavy atom. The first-order chi connectivity index (χ1) is 25.1. The van der Waals surface area contributed by atoms with Gasteiger partial charge >= 0.3 is 0 Å². The number of ether oxygens (including phenoxy) is 4. The van der Waals surface area contributed by atoms with Gasteiger partial charge in [0.25, 0.3) is 10.0 Å². The summed E-state index contributed by atoms with van der Waals surface area (Å²) < 4.78 is 52.1. The summed E-state index contributed by atoms with van der Waals surface area (Å²) in [5, 5.41) is 3.40. The number of carbonyl (C=O) groups is 2. The van der Waals surface area contributed by atoms with E-state index >= 15 is 0 Å². The zero-order valence-electron chi connectivity index (χ0n) is 29.7. The molecule has 0 spiro atoms. The Hall–Kier alpha value is -4.94. The summed E-state index contributed by atoms with van der Waals surface area (Å²) in [6, 6.07) is 24.3. The smallest absolute Gasteiger partial charge is 0.265 e. The van der Waals surface area contributed by atoms with Crippen LogP contribution in [-0.4, -0.2) is 72.2 Å². The van der Waals surface area contributed by atoms with Crippen LogP contribution in [0, 0.1) is 0 Å². The summed E-state index contributed by atoms with van der Waals surface area (Å²) in [7, 11) is 1.28. The lowest BCUT2D eigenvalue weighted by Gasteiger charge is -2.34. The zero-order valence-corrected chi connectivity index (χ0v) is 31.3. The van der Waals surface area contributed by atoms with E-state index < -0.39 is 28.5 Å². The van der Waals surface area contributed by atoms with Crippen molar-refractivity contribution in [3.63, 3.8) is 0 Å². The average Bonchev–Trinajstić information content (AvgIpc) is 3.68. The Labute approximate surface area is 310 Å². The number of amides is 2. The first kappa shape index (κ1) is 38.3. The molecule has 0 aliphatic heterocycles. The van der Waals surface area contributed by atoms with Crippen LogP contribution in [0.5, 0.6) is 23.0 Å². The molecule has 0 radical (unpaired) electrons. The fourth-order valence-electron chi connectivity index (χ4n) is 6.36. The molecule has 276 valence electrons. The standard InChI is InChI=1S/C39H44ClN3O8S/c1-48-31-16-10-13-28(21-31)25-42(34(22-27-11-6-5-7-12-27)39(45)41-30-14-8-9-15-30)38(44)26-43(33-23-29(40)17-19-35(33)49-2)52(46,47)32-18-20-36(50-3)37(24-32)51-4/h5-7,10-13,16-21,23-24,30,34H,8-9,14-15,22,25-26H2,1-4H3,(H,41,45)/t34-/m1/s1. The summed E-state index contributed by atoms with van der Waals surface area (Å²) >= 11 is 6.43. The predicted molar refractivity (Wildman–Crippen MR) is 200 cm³/mol. The van der Waals surface area contributed by atoms with E-state index in [4.69, 9.17) is 30.5 Å². The van der Waals surface area contributed by atoms with Crippen molar-refractivity contribution >= 4 is 39.1 Å². The molecule has 1 fully saturated rings. The van der Waals surface area contributed by atoms with Crippen LogP contribution in [0.15, 0.2) is 95.9 Å². The van der Waals surface area contributed by atoms with E-state index in [1.165, 1.54) is 56.6 Å². The van der Waals surface area contributed by atoms with Gasteiger partial charge in [0.1, 0.15) is 24.1 Å². The second-order valence-corrected chi connectivity index (χ2v) is 14.7. The first-order valence-electron chi connectivity index (χ1n) is 16.9. The quantitative estimate of drug-likeness (QED) is 0.142. The second-order valence-electron chi connectivity index (χ2n) is 12.4. The van der Waals surface area contributed by atoms with E-state index in [0.29, 0.717) is 17.1 Å². The van der Waals surface area contributed by atoms with Crippen molar-refractivity contribution in [2.75, 3.05) is 39.3 Å². The maximum atomic E-state index is 14.9. The number of nitrogens with one attached hydrogen (secondary N) is 1. The number of anilines is 1. The molecule has 0 aromatic heterocycles. The molecule has 2 amide bonds. The molecule has 1 atom stereocenters. The minimum atomic E-state index is -4.51. The van der Waals surface area contributed by atoms with Gasteiger partial charge in [0.15, 0.2) is 11.5 Å².